The minimum absolute atomic E-state index is 0.0392. The molecule has 172 valence electrons. The van der Waals surface area contributed by atoms with E-state index in [0.717, 1.165) is 31.2 Å². The third-order valence-corrected chi connectivity index (χ3v) is 5.39. The highest BCUT2D eigenvalue weighted by Gasteiger charge is 2.30. The van der Waals surface area contributed by atoms with Gasteiger partial charge < -0.3 is 21.3 Å². The summed E-state index contributed by atoms with van der Waals surface area (Å²) in [6.45, 7) is 6.05. The van der Waals surface area contributed by atoms with Crippen molar-refractivity contribution in [2.75, 3.05) is 0 Å². The number of halogens is 1. The third-order valence-electron chi connectivity index (χ3n) is 5.39. The predicted octanol–water partition coefficient (Wildman–Crippen LogP) is 2.99. The standard InChI is InChI=1S/C23H35FN4O3/c1-4-6-20(28-23(31)25-14-16-9-11-18(24)12-10-16)22(30)27-19-8-5-7-17(13-19)21(29)26-15(2)3/h9-12,15,17,19-20H,4-8,13-14H2,1-3H3,(H,26,29)(H,27,30)(H2,25,28,31). The van der Waals surface area contributed by atoms with Crippen molar-refractivity contribution in [1.82, 2.24) is 21.3 Å². The fraction of sp³-hybridized carbons (Fsp3) is 0.609. The molecule has 3 unspecified atom stereocenters. The van der Waals surface area contributed by atoms with Gasteiger partial charge in [0.15, 0.2) is 0 Å². The molecule has 1 aliphatic carbocycles. The Bertz CT molecular complexity index is 739. The molecule has 7 nitrogen and oxygen atoms in total. The first-order valence-electron chi connectivity index (χ1n) is 11.2. The Morgan fingerprint density at radius 1 is 1.10 bits per heavy atom. The van der Waals surface area contributed by atoms with Crippen LogP contribution in [0.25, 0.3) is 0 Å². The van der Waals surface area contributed by atoms with E-state index in [1.165, 1.54) is 12.1 Å². The van der Waals surface area contributed by atoms with E-state index in [2.05, 4.69) is 21.3 Å². The van der Waals surface area contributed by atoms with E-state index in [0.29, 0.717) is 12.8 Å². The van der Waals surface area contributed by atoms with Gasteiger partial charge in [-0.15, -0.1) is 0 Å². The Morgan fingerprint density at radius 2 is 1.81 bits per heavy atom. The van der Waals surface area contributed by atoms with Gasteiger partial charge in [0.2, 0.25) is 11.8 Å². The molecule has 1 saturated carbocycles. The zero-order chi connectivity index (χ0) is 22.8. The lowest BCUT2D eigenvalue weighted by atomic mass is 9.85. The van der Waals surface area contributed by atoms with E-state index < -0.39 is 12.1 Å². The Balaban J connectivity index is 1.85. The SMILES string of the molecule is CCCC(NC(=O)NCc1ccc(F)cc1)C(=O)NC1CCCC(C(=O)NC(C)C)C1. The first-order valence-corrected chi connectivity index (χ1v) is 11.2. The molecule has 4 N–H and O–H groups in total. The lowest BCUT2D eigenvalue weighted by Crippen LogP contribution is -2.53. The molecule has 2 rings (SSSR count). The molecule has 1 aromatic rings. The van der Waals surface area contributed by atoms with Crippen LogP contribution in [0.2, 0.25) is 0 Å². The molecule has 1 aromatic carbocycles. The Labute approximate surface area is 183 Å². The molecule has 0 radical (unpaired) electrons. The van der Waals surface area contributed by atoms with Gasteiger partial charge in [-0.2, -0.15) is 0 Å². The minimum Gasteiger partial charge on any atom is -0.354 e. The van der Waals surface area contributed by atoms with Gasteiger partial charge in [0, 0.05) is 24.5 Å². The van der Waals surface area contributed by atoms with Crippen molar-refractivity contribution in [2.45, 2.75) is 84.0 Å². The quantitative estimate of drug-likeness (QED) is 0.481. The van der Waals surface area contributed by atoms with Gasteiger partial charge in [0.05, 0.1) is 0 Å². The maximum atomic E-state index is 13.0. The Hall–Kier alpha value is -2.64. The summed E-state index contributed by atoms with van der Waals surface area (Å²) in [5.74, 6) is -0.622. The molecule has 0 heterocycles. The average molecular weight is 435 g/mol. The van der Waals surface area contributed by atoms with Crippen molar-refractivity contribution in [2.24, 2.45) is 5.92 Å². The van der Waals surface area contributed by atoms with E-state index in [1.54, 1.807) is 12.1 Å². The molecule has 0 aliphatic heterocycles. The van der Waals surface area contributed by atoms with E-state index in [-0.39, 0.29) is 42.2 Å². The molecule has 0 bridgehead atoms. The van der Waals surface area contributed by atoms with Crippen LogP contribution in [-0.2, 0) is 16.1 Å². The van der Waals surface area contributed by atoms with Gasteiger partial charge in [-0.25, -0.2) is 9.18 Å². The summed E-state index contributed by atoms with van der Waals surface area (Å²) in [4.78, 5) is 37.4. The molecule has 31 heavy (non-hydrogen) atoms. The summed E-state index contributed by atoms with van der Waals surface area (Å²) in [6, 6.07) is 4.78. The second-order valence-electron chi connectivity index (χ2n) is 8.53. The number of nitrogens with one attached hydrogen (secondary N) is 4. The fourth-order valence-electron chi connectivity index (χ4n) is 3.81. The molecule has 0 aromatic heterocycles. The van der Waals surface area contributed by atoms with Crippen molar-refractivity contribution in [3.8, 4) is 0 Å². The van der Waals surface area contributed by atoms with Crippen LogP contribution in [0.1, 0.15) is 64.9 Å². The van der Waals surface area contributed by atoms with E-state index >= 15 is 0 Å². The fourth-order valence-corrected chi connectivity index (χ4v) is 3.81. The van der Waals surface area contributed by atoms with Crippen molar-refractivity contribution in [3.63, 3.8) is 0 Å². The largest absolute Gasteiger partial charge is 0.354 e. The van der Waals surface area contributed by atoms with Gasteiger partial charge in [0.25, 0.3) is 0 Å². The van der Waals surface area contributed by atoms with Gasteiger partial charge in [0.1, 0.15) is 11.9 Å². The molecule has 0 saturated heterocycles. The van der Waals surface area contributed by atoms with Crippen molar-refractivity contribution in [3.05, 3.63) is 35.6 Å². The maximum absolute atomic E-state index is 13.0. The lowest BCUT2D eigenvalue weighted by molar-refractivity contribution is -0.128. The first-order chi connectivity index (χ1) is 14.8. The molecule has 8 heteroatoms. The van der Waals surface area contributed by atoms with Crippen LogP contribution in [0.3, 0.4) is 0 Å². The van der Waals surface area contributed by atoms with Gasteiger partial charge >= 0.3 is 6.03 Å². The lowest BCUT2D eigenvalue weighted by Gasteiger charge is -2.31. The van der Waals surface area contributed by atoms with Gasteiger partial charge in [-0.05, 0) is 57.2 Å². The zero-order valence-electron chi connectivity index (χ0n) is 18.7. The summed E-state index contributed by atoms with van der Waals surface area (Å²) < 4.78 is 13.0. The molecule has 0 spiro atoms. The number of carbonyl (C=O) groups is 3. The predicted molar refractivity (Wildman–Crippen MR) is 118 cm³/mol. The summed E-state index contributed by atoms with van der Waals surface area (Å²) in [5.41, 5.74) is 0.765. The molecule has 4 amide bonds. The van der Waals surface area contributed by atoms with Crippen LogP contribution in [0, 0.1) is 11.7 Å². The number of benzene rings is 1. The Kier molecular flexibility index (Phi) is 9.75. The molecule has 3 atom stereocenters. The average Bonchev–Trinajstić information content (AvgIpc) is 2.72. The highest BCUT2D eigenvalue weighted by Crippen LogP contribution is 2.24. The number of hydrogen-bond donors (Lipinski definition) is 4. The monoisotopic (exact) mass is 434 g/mol. The van der Waals surface area contributed by atoms with Crippen LogP contribution in [-0.4, -0.2) is 36.0 Å². The van der Waals surface area contributed by atoms with E-state index in [1.807, 2.05) is 20.8 Å². The maximum Gasteiger partial charge on any atom is 0.315 e. The number of rotatable bonds is 9. The van der Waals surface area contributed by atoms with Gasteiger partial charge in [-0.3, -0.25) is 9.59 Å². The van der Waals surface area contributed by atoms with Crippen LogP contribution in [0.5, 0.6) is 0 Å². The normalized spacial score (nSPS) is 19.4. The van der Waals surface area contributed by atoms with Crippen molar-refractivity contribution in [1.29, 1.82) is 0 Å². The second-order valence-corrected chi connectivity index (χ2v) is 8.53. The van der Waals surface area contributed by atoms with Crippen molar-refractivity contribution >= 4 is 17.8 Å². The first kappa shape index (κ1) is 24.6. The van der Waals surface area contributed by atoms with Crippen LogP contribution < -0.4 is 21.3 Å². The number of amides is 4. The van der Waals surface area contributed by atoms with Crippen LogP contribution in [0.15, 0.2) is 24.3 Å². The summed E-state index contributed by atoms with van der Waals surface area (Å²) in [6.07, 6.45) is 4.39. The molecular weight excluding hydrogens is 399 g/mol. The summed E-state index contributed by atoms with van der Waals surface area (Å²) >= 11 is 0. The summed E-state index contributed by atoms with van der Waals surface area (Å²) in [5, 5.41) is 11.4. The number of hydrogen-bond acceptors (Lipinski definition) is 3. The molecule has 1 aliphatic rings. The Morgan fingerprint density at radius 3 is 2.45 bits per heavy atom. The highest BCUT2D eigenvalue weighted by molar-refractivity contribution is 5.87. The third kappa shape index (κ3) is 8.55. The van der Waals surface area contributed by atoms with Crippen LogP contribution in [0.4, 0.5) is 9.18 Å². The topological polar surface area (TPSA) is 99.3 Å². The zero-order valence-corrected chi connectivity index (χ0v) is 18.7. The summed E-state index contributed by atoms with van der Waals surface area (Å²) in [7, 11) is 0. The molecule has 1 fully saturated rings. The number of carbonyl (C=O) groups excluding carboxylic acids is 3. The number of urea groups is 1. The van der Waals surface area contributed by atoms with Crippen LogP contribution >= 0.6 is 0 Å². The van der Waals surface area contributed by atoms with E-state index in [9.17, 15) is 18.8 Å². The molecular formula is C23H35FN4O3. The second kappa shape index (κ2) is 12.3. The smallest absolute Gasteiger partial charge is 0.315 e. The van der Waals surface area contributed by atoms with Crippen molar-refractivity contribution < 1.29 is 18.8 Å². The minimum atomic E-state index is -0.650. The van der Waals surface area contributed by atoms with E-state index in [4.69, 9.17) is 0 Å². The van der Waals surface area contributed by atoms with Gasteiger partial charge in [-0.1, -0.05) is 31.9 Å². The highest BCUT2D eigenvalue weighted by atomic mass is 19.1.